The molecule has 1 unspecified atom stereocenters. The summed E-state index contributed by atoms with van der Waals surface area (Å²) in [7, 11) is 0. The molecule has 20 heavy (non-hydrogen) atoms. The standard InChI is InChI=1S/C15H13Br3FN/c1-2-14(10-5-3-4-6-13(10)19)20-15-11(17)7-9(16)8-12(15)18/h3-8,14,20H,2H2,1H3. The van der Waals surface area contributed by atoms with Crippen molar-refractivity contribution < 1.29 is 4.39 Å². The van der Waals surface area contributed by atoms with E-state index in [1.807, 2.05) is 31.2 Å². The summed E-state index contributed by atoms with van der Waals surface area (Å²) in [6.07, 6.45) is 0.788. The van der Waals surface area contributed by atoms with Crippen molar-refractivity contribution >= 4 is 53.5 Å². The molecule has 0 spiro atoms. The molecule has 0 bridgehead atoms. The van der Waals surface area contributed by atoms with Crippen molar-refractivity contribution in [3.05, 3.63) is 61.2 Å². The zero-order valence-corrected chi connectivity index (χ0v) is 15.5. The van der Waals surface area contributed by atoms with E-state index < -0.39 is 0 Å². The predicted molar refractivity (Wildman–Crippen MR) is 92.6 cm³/mol. The maximum Gasteiger partial charge on any atom is 0.128 e. The van der Waals surface area contributed by atoms with Crippen LogP contribution in [0.5, 0.6) is 0 Å². The van der Waals surface area contributed by atoms with Gasteiger partial charge in [-0.05, 0) is 56.5 Å². The molecule has 1 N–H and O–H groups in total. The summed E-state index contributed by atoms with van der Waals surface area (Å²) in [6, 6.07) is 10.7. The summed E-state index contributed by atoms with van der Waals surface area (Å²) in [5.74, 6) is -0.184. The van der Waals surface area contributed by atoms with Gasteiger partial charge in [0.2, 0.25) is 0 Å². The average Bonchev–Trinajstić information content (AvgIpc) is 2.39. The van der Waals surface area contributed by atoms with Crippen LogP contribution in [0.4, 0.5) is 10.1 Å². The zero-order valence-electron chi connectivity index (χ0n) is 10.8. The van der Waals surface area contributed by atoms with Gasteiger partial charge in [0, 0.05) is 19.0 Å². The van der Waals surface area contributed by atoms with Gasteiger partial charge in [-0.25, -0.2) is 4.39 Å². The van der Waals surface area contributed by atoms with E-state index in [4.69, 9.17) is 0 Å². The molecule has 0 amide bonds. The molecule has 0 radical (unpaired) electrons. The van der Waals surface area contributed by atoms with E-state index in [0.717, 1.165) is 25.5 Å². The van der Waals surface area contributed by atoms with Crippen LogP contribution >= 0.6 is 47.8 Å². The van der Waals surface area contributed by atoms with Crippen molar-refractivity contribution in [2.24, 2.45) is 0 Å². The quantitative estimate of drug-likeness (QED) is 0.531. The van der Waals surface area contributed by atoms with Gasteiger partial charge < -0.3 is 5.32 Å². The average molecular weight is 466 g/mol. The number of halogens is 4. The van der Waals surface area contributed by atoms with Crippen molar-refractivity contribution in [2.45, 2.75) is 19.4 Å². The third kappa shape index (κ3) is 3.62. The molecule has 106 valence electrons. The van der Waals surface area contributed by atoms with Crippen molar-refractivity contribution in [2.75, 3.05) is 5.32 Å². The molecule has 0 aliphatic rings. The highest BCUT2D eigenvalue weighted by atomic mass is 79.9. The van der Waals surface area contributed by atoms with Gasteiger partial charge >= 0.3 is 0 Å². The molecule has 2 rings (SSSR count). The monoisotopic (exact) mass is 463 g/mol. The first kappa shape index (κ1) is 16.0. The summed E-state index contributed by atoms with van der Waals surface area (Å²) in [5, 5.41) is 3.40. The van der Waals surface area contributed by atoms with Crippen LogP contribution in [0, 0.1) is 5.82 Å². The second-order valence-electron chi connectivity index (χ2n) is 4.37. The normalized spacial score (nSPS) is 12.2. The summed E-state index contributed by atoms with van der Waals surface area (Å²) in [4.78, 5) is 0. The maximum atomic E-state index is 13.9. The van der Waals surface area contributed by atoms with Crippen LogP contribution in [0.2, 0.25) is 0 Å². The van der Waals surface area contributed by atoms with Gasteiger partial charge in [0.1, 0.15) is 5.82 Å². The van der Waals surface area contributed by atoms with Crippen molar-refractivity contribution in [1.29, 1.82) is 0 Å². The minimum absolute atomic E-state index is 0.0787. The Labute approximate surface area is 143 Å². The van der Waals surface area contributed by atoms with Gasteiger partial charge in [-0.3, -0.25) is 0 Å². The molecule has 0 fully saturated rings. The van der Waals surface area contributed by atoms with E-state index >= 15 is 0 Å². The lowest BCUT2D eigenvalue weighted by Crippen LogP contribution is -2.12. The van der Waals surface area contributed by atoms with Gasteiger partial charge in [-0.1, -0.05) is 41.1 Å². The fourth-order valence-electron chi connectivity index (χ4n) is 2.01. The molecule has 0 aliphatic carbocycles. The Morgan fingerprint density at radius 3 is 2.25 bits per heavy atom. The first-order valence-electron chi connectivity index (χ1n) is 6.18. The summed E-state index contributed by atoms with van der Waals surface area (Å²) in [6.45, 7) is 2.03. The van der Waals surface area contributed by atoms with E-state index in [1.54, 1.807) is 6.07 Å². The van der Waals surface area contributed by atoms with E-state index in [-0.39, 0.29) is 11.9 Å². The van der Waals surface area contributed by atoms with E-state index in [0.29, 0.717) is 5.56 Å². The van der Waals surface area contributed by atoms with Gasteiger partial charge in [0.15, 0.2) is 0 Å². The summed E-state index contributed by atoms with van der Waals surface area (Å²) >= 11 is 10.5. The fraction of sp³-hybridized carbons (Fsp3) is 0.200. The number of hydrogen-bond donors (Lipinski definition) is 1. The highest BCUT2D eigenvalue weighted by Crippen LogP contribution is 2.37. The molecule has 0 aromatic heterocycles. The van der Waals surface area contributed by atoms with Gasteiger partial charge in [-0.2, -0.15) is 0 Å². The molecule has 0 heterocycles. The lowest BCUT2D eigenvalue weighted by atomic mass is 10.0. The number of benzene rings is 2. The molecule has 0 saturated carbocycles. The second-order valence-corrected chi connectivity index (χ2v) is 7.00. The Kier molecular flexibility index (Phi) is 5.64. The Balaban J connectivity index is 2.35. The maximum absolute atomic E-state index is 13.9. The van der Waals surface area contributed by atoms with Crippen LogP contribution < -0.4 is 5.32 Å². The number of nitrogens with one attached hydrogen (secondary N) is 1. The van der Waals surface area contributed by atoms with Crippen LogP contribution in [-0.4, -0.2) is 0 Å². The van der Waals surface area contributed by atoms with Crippen molar-refractivity contribution in [3.8, 4) is 0 Å². The highest BCUT2D eigenvalue weighted by molar-refractivity contribution is 9.11. The minimum Gasteiger partial charge on any atom is -0.376 e. The van der Waals surface area contributed by atoms with Crippen LogP contribution in [0.3, 0.4) is 0 Å². The van der Waals surface area contributed by atoms with Crippen molar-refractivity contribution in [3.63, 3.8) is 0 Å². The SMILES string of the molecule is CCC(Nc1c(Br)cc(Br)cc1Br)c1ccccc1F. The Morgan fingerprint density at radius 1 is 1.10 bits per heavy atom. The molecular weight excluding hydrogens is 453 g/mol. The largest absolute Gasteiger partial charge is 0.376 e. The minimum atomic E-state index is -0.184. The molecule has 0 saturated heterocycles. The highest BCUT2D eigenvalue weighted by Gasteiger charge is 2.16. The van der Waals surface area contributed by atoms with E-state index in [1.165, 1.54) is 6.07 Å². The third-order valence-electron chi connectivity index (χ3n) is 3.01. The van der Waals surface area contributed by atoms with Crippen LogP contribution in [0.15, 0.2) is 49.8 Å². The summed E-state index contributed by atoms with van der Waals surface area (Å²) < 4.78 is 16.7. The molecule has 2 aromatic carbocycles. The van der Waals surface area contributed by atoms with Gasteiger partial charge in [0.25, 0.3) is 0 Å². The first-order chi connectivity index (χ1) is 9.52. The van der Waals surface area contributed by atoms with Crippen LogP contribution in [0.25, 0.3) is 0 Å². The molecule has 1 nitrogen and oxygen atoms in total. The summed E-state index contributed by atoms with van der Waals surface area (Å²) in [5.41, 5.74) is 1.60. The lowest BCUT2D eigenvalue weighted by Gasteiger charge is -2.21. The third-order valence-corrected chi connectivity index (χ3v) is 4.72. The number of anilines is 1. The van der Waals surface area contributed by atoms with Gasteiger partial charge in [-0.15, -0.1) is 0 Å². The van der Waals surface area contributed by atoms with E-state index in [9.17, 15) is 4.39 Å². The molecule has 2 aromatic rings. The first-order valence-corrected chi connectivity index (χ1v) is 8.56. The zero-order chi connectivity index (χ0) is 14.7. The van der Waals surface area contributed by atoms with Crippen molar-refractivity contribution in [1.82, 2.24) is 0 Å². The smallest absolute Gasteiger partial charge is 0.128 e. The molecule has 5 heteroatoms. The Morgan fingerprint density at radius 2 is 1.70 bits per heavy atom. The van der Waals surface area contributed by atoms with Crippen LogP contribution in [-0.2, 0) is 0 Å². The Hall–Kier alpha value is -0.390. The molecule has 1 atom stereocenters. The Bertz CT molecular complexity index is 593. The van der Waals surface area contributed by atoms with Crippen LogP contribution in [0.1, 0.15) is 24.9 Å². The number of hydrogen-bond acceptors (Lipinski definition) is 1. The second kappa shape index (κ2) is 7.05. The fourth-order valence-corrected chi connectivity index (χ4v) is 4.50. The topological polar surface area (TPSA) is 12.0 Å². The predicted octanol–water partition coefficient (Wildman–Crippen LogP) is 6.68. The molecular formula is C15H13Br3FN. The lowest BCUT2D eigenvalue weighted by molar-refractivity contribution is 0.587. The number of rotatable bonds is 4. The van der Waals surface area contributed by atoms with Gasteiger partial charge in [0.05, 0.1) is 11.7 Å². The molecule has 0 aliphatic heterocycles. The van der Waals surface area contributed by atoms with E-state index in [2.05, 4.69) is 53.1 Å².